The van der Waals surface area contributed by atoms with Crippen molar-refractivity contribution in [1.82, 2.24) is 0 Å². The Labute approximate surface area is 84.3 Å². The number of hydrogen-bond acceptors (Lipinski definition) is 3. The highest BCUT2D eigenvalue weighted by atomic mass is 32.2. The van der Waals surface area contributed by atoms with Gasteiger partial charge >= 0.3 is 0 Å². The van der Waals surface area contributed by atoms with Crippen LogP contribution in [0.1, 0.15) is 12.5 Å². The van der Waals surface area contributed by atoms with Crippen LogP contribution in [0.4, 0.5) is 0 Å². The summed E-state index contributed by atoms with van der Waals surface area (Å²) in [7, 11) is -3.12. The summed E-state index contributed by atoms with van der Waals surface area (Å²) in [6, 6.07) is 6.72. The van der Waals surface area contributed by atoms with Gasteiger partial charge in [0.05, 0.1) is 10.6 Å². The molecule has 0 fully saturated rings. The molecule has 0 bridgehead atoms. The number of aliphatic hydroxyl groups excluding tert-OH is 1. The first-order chi connectivity index (χ1) is 6.60. The third kappa shape index (κ3) is 2.56. The van der Waals surface area contributed by atoms with Crippen LogP contribution < -0.4 is 0 Å². The molecule has 0 unspecified atom stereocenters. The summed E-state index contributed by atoms with van der Waals surface area (Å²) in [5.74, 6) is 0.107. The Kier molecular flexibility index (Phi) is 3.66. The van der Waals surface area contributed by atoms with Crippen LogP contribution in [0.5, 0.6) is 0 Å². The smallest absolute Gasteiger partial charge is 0.178 e. The molecular weight excluding hydrogens is 200 g/mol. The number of sulfone groups is 1. The van der Waals surface area contributed by atoms with E-state index in [0.29, 0.717) is 11.3 Å². The van der Waals surface area contributed by atoms with E-state index in [1.807, 2.05) is 6.07 Å². The van der Waals surface area contributed by atoms with Gasteiger partial charge in [0.15, 0.2) is 9.84 Å². The maximum atomic E-state index is 11.5. The van der Waals surface area contributed by atoms with E-state index >= 15 is 0 Å². The van der Waals surface area contributed by atoms with E-state index in [1.54, 1.807) is 25.1 Å². The summed E-state index contributed by atoms with van der Waals surface area (Å²) < 4.78 is 23.0. The number of benzene rings is 1. The SMILES string of the molecule is CCS(=O)(=O)c1cccc(CCO)c1. The summed E-state index contributed by atoms with van der Waals surface area (Å²) in [6.07, 6.45) is 0.493. The van der Waals surface area contributed by atoms with E-state index < -0.39 is 9.84 Å². The lowest BCUT2D eigenvalue weighted by Gasteiger charge is -2.03. The van der Waals surface area contributed by atoms with Gasteiger partial charge in [0.2, 0.25) is 0 Å². The van der Waals surface area contributed by atoms with Crippen LogP contribution in [-0.2, 0) is 16.3 Å². The summed E-state index contributed by atoms with van der Waals surface area (Å²) in [5, 5.41) is 8.72. The van der Waals surface area contributed by atoms with Crippen molar-refractivity contribution in [2.45, 2.75) is 18.2 Å². The first-order valence-electron chi connectivity index (χ1n) is 4.52. The fourth-order valence-corrected chi connectivity index (χ4v) is 2.14. The fraction of sp³-hybridized carbons (Fsp3) is 0.400. The van der Waals surface area contributed by atoms with Crippen molar-refractivity contribution in [3.8, 4) is 0 Å². The molecular formula is C10H14O3S. The molecule has 0 saturated heterocycles. The van der Waals surface area contributed by atoms with Crippen LogP contribution in [0, 0.1) is 0 Å². The molecule has 1 N–H and O–H groups in total. The molecule has 0 heterocycles. The first kappa shape index (κ1) is 11.2. The molecule has 78 valence electrons. The molecule has 0 radical (unpaired) electrons. The van der Waals surface area contributed by atoms with Gasteiger partial charge in [0.25, 0.3) is 0 Å². The van der Waals surface area contributed by atoms with E-state index in [0.717, 1.165) is 5.56 Å². The standard InChI is InChI=1S/C10H14O3S/c1-2-14(12,13)10-5-3-4-9(8-10)6-7-11/h3-5,8,11H,2,6-7H2,1H3. The largest absolute Gasteiger partial charge is 0.396 e. The summed E-state index contributed by atoms with van der Waals surface area (Å²) in [4.78, 5) is 0.339. The van der Waals surface area contributed by atoms with Crippen LogP contribution in [0.3, 0.4) is 0 Å². The Balaban J connectivity index is 3.06. The Bertz CT molecular complexity index is 396. The predicted octanol–water partition coefficient (Wildman–Crippen LogP) is 1.02. The van der Waals surface area contributed by atoms with Gasteiger partial charge in [-0.25, -0.2) is 8.42 Å². The molecule has 1 aromatic rings. The topological polar surface area (TPSA) is 54.4 Å². The van der Waals surface area contributed by atoms with Gasteiger partial charge in [-0.15, -0.1) is 0 Å². The molecule has 0 saturated carbocycles. The highest BCUT2D eigenvalue weighted by molar-refractivity contribution is 7.91. The predicted molar refractivity (Wildman–Crippen MR) is 55.0 cm³/mol. The first-order valence-corrected chi connectivity index (χ1v) is 6.18. The van der Waals surface area contributed by atoms with E-state index in [-0.39, 0.29) is 12.4 Å². The third-order valence-corrected chi connectivity index (χ3v) is 3.77. The van der Waals surface area contributed by atoms with Gasteiger partial charge in [-0.1, -0.05) is 19.1 Å². The Hall–Kier alpha value is -0.870. The van der Waals surface area contributed by atoms with E-state index in [1.165, 1.54) is 0 Å². The molecule has 0 aliphatic heterocycles. The maximum Gasteiger partial charge on any atom is 0.178 e. The second-order valence-electron chi connectivity index (χ2n) is 3.02. The van der Waals surface area contributed by atoms with Crippen molar-refractivity contribution in [2.24, 2.45) is 0 Å². The van der Waals surface area contributed by atoms with Gasteiger partial charge in [-0.05, 0) is 24.1 Å². The lowest BCUT2D eigenvalue weighted by atomic mass is 10.2. The minimum Gasteiger partial charge on any atom is -0.396 e. The minimum absolute atomic E-state index is 0.0373. The normalized spacial score (nSPS) is 11.6. The van der Waals surface area contributed by atoms with Crippen molar-refractivity contribution >= 4 is 9.84 Å². The van der Waals surface area contributed by atoms with Crippen molar-refractivity contribution in [1.29, 1.82) is 0 Å². The summed E-state index contributed by atoms with van der Waals surface area (Å²) in [5.41, 5.74) is 0.849. The molecule has 0 aliphatic rings. The lowest BCUT2D eigenvalue weighted by Crippen LogP contribution is -2.04. The van der Waals surface area contributed by atoms with Crippen LogP contribution in [0.25, 0.3) is 0 Å². The highest BCUT2D eigenvalue weighted by Crippen LogP contribution is 2.13. The van der Waals surface area contributed by atoms with Crippen molar-refractivity contribution in [3.63, 3.8) is 0 Å². The second kappa shape index (κ2) is 4.57. The zero-order valence-corrected chi connectivity index (χ0v) is 8.92. The molecule has 1 rings (SSSR count). The molecule has 0 aromatic heterocycles. The molecule has 3 nitrogen and oxygen atoms in total. The van der Waals surface area contributed by atoms with E-state index in [9.17, 15) is 8.42 Å². The quantitative estimate of drug-likeness (QED) is 0.814. The van der Waals surface area contributed by atoms with E-state index in [2.05, 4.69) is 0 Å². The Morgan fingerprint density at radius 1 is 1.36 bits per heavy atom. The Morgan fingerprint density at radius 2 is 2.07 bits per heavy atom. The zero-order chi connectivity index (χ0) is 10.6. The van der Waals surface area contributed by atoms with Crippen LogP contribution in [0.15, 0.2) is 29.2 Å². The molecule has 1 aromatic carbocycles. The monoisotopic (exact) mass is 214 g/mol. The van der Waals surface area contributed by atoms with Crippen molar-refractivity contribution < 1.29 is 13.5 Å². The van der Waals surface area contributed by atoms with E-state index in [4.69, 9.17) is 5.11 Å². The van der Waals surface area contributed by atoms with Gasteiger partial charge in [-0.3, -0.25) is 0 Å². The summed E-state index contributed by atoms with van der Waals surface area (Å²) >= 11 is 0. The van der Waals surface area contributed by atoms with Gasteiger partial charge in [0, 0.05) is 6.61 Å². The number of rotatable bonds is 4. The molecule has 0 amide bonds. The number of aliphatic hydroxyl groups is 1. The molecule has 0 atom stereocenters. The molecule has 4 heteroatoms. The van der Waals surface area contributed by atoms with Crippen molar-refractivity contribution in [2.75, 3.05) is 12.4 Å². The van der Waals surface area contributed by atoms with Gasteiger partial charge in [0.1, 0.15) is 0 Å². The van der Waals surface area contributed by atoms with Crippen LogP contribution in [-0.4, -0.2) is 25.9 Å². The summed E-state index contributed by atoms with van der Waals surface area (Å²) in [6.45, 7) is 1.66. The van der Waals surface area contributed by atoms with Gasteiger partial charge in [-0.2, -0.15) is 0 Å². The zero-order valence-electron chi connectivity index (χ0n) is 8.10. The average molecular weight is 214 g/mol. The molecule has 0 aliphatic carbocycles. The van der Waals surface area contributed by atoms with Gasteiger partial charge < -0.3 is 5.11 Å². The van der Waals surface area contributed by atoms with Crippen LogP contribution >= 0.6 is 0 Å². The molecule has 14 heavy (non-hydrogen) atoms. The maximum absolute atomic E-state index is 11.5. The minimum atomic E-state index is -3.12. The molecule has 0 spiro atoms. The number of hydrogen-bond donors (Lipinski definition) is 1. The van der Waals surface area contributed by atoms with Crippen molar-refractivity contribution in [3.05, 3.63) is 29.8 Å². The average Bonchev–Trinajstić information content (AvgIpc) is 2.19. The highest BCUT2D eigenvalue weighted by Gasteiger charge is 2.10. The second-order valence-corrected chi connectivity index (χ2v) is 5.30. The fourth-order valence-electron chi connectivity index (χ4n) is 1.19. The third-order valence-electron chi connectivity index (χ3n) is 2.04. The lowest BCUT2D eigenvalue weighted by molar-refractivity contribution is 0.299. The Morgan fingerprint density at radius 3 is 2.64 bits per heavy atom. The van der Waals surface area contributed by atoms with Crippen LogP contribution in [0.2, 0.25) is 0 Å².